The van der Waals surface area contributed by atoms with Crippen LogP contribution in [0.2, 0.25) is 0 Å². The van der Waals surface area contributed by atoms with E-state index in [9.17, 15) is 4.79 Å². The van der Waals surface area contributed by atoms with Crippen LogP contribution in [0.3, 0.4) is 0 Å². The second-order valence-corrected chi connectivity index (χ2v) is 7.73. The molecule has 4 rings (SSSR count). The van der Waals surface area contributed by atoms with E-state index >= 15 is 0 Å². The van der Waals surface area contributed by atoms with Crippen molar-refractivity contribution in [2.24, 2.45) is 0 Å². The van der Waals surface area contributed by atoms with Crippen LogP contribution in [0.5, 0.6) is 0 Å². The number of carbonyl (C=O) groups is 1. The van der Waals surface area contributed by atoms with Gasteiger partial charge in [-0.3, -0.25) is 4.79 Å². The number of fused-ring (bicyclic) bond motifs is 1. The van der Waals surface area contributed by atoms with Gasteiger partial charge in [0.15, 0.2) is 5.82 Å². The van der Waals surface area contributed by atoms with Gasteiger partial charge in [0.2, 0.25) is 0 Å². The van der Waals surface area contributed by atoms with Gasteiger partial charge in [0, 0.05) is 35.5 Å². The summed E-state index contributed by atoms with van der Waals surface area (Å²) >= 11 is 0. The number of carbonyl (C=O) groups excluding carboxylic acids is 1. The SMILES string of the molecule is Cc1ccc(C(=O)NC(C)C)cc1-c1ccc2c(N3CCOCC3)nncc2c1. The molecule has 2 aromatic carbocycles. The van der Waals surface area contributed by atoms with Crippen LogP contribution >= 0.6 is 0 Å². The number of rotatable bonds is 4. The fraction of sp³-hybridized carbons (Fsp3) is 0.348. The van der Waals surface area contributed by atoms with E-state index in [-0.39, 0.29) is 11.9 Å². The molecule has 150 valence electrons. The molecule has 0 radical (unpaired) electrons. The predicted molar refractivity (Wildman–Crippen MR) is 115 cm³/mol. The van der Waals surface area contributed by atoms with Crippen LogP contribution in [0.4, 0.5) is 5.82 Å². The molecule has 1 aliphatic heterocycles. The summed E-state index contributed by atoms with van der Waals surface area (Å²) in [6.45, 7) is 9.05. The minimum Gasteiger partial charge on any atom is -0.378 e. The lowest BCUT2D eigenvalue weighted by molar-refractivity contribution is 0.0943. The standard InChI is InChI=1S/C23H26N4O2/c1-15(2)25-23(28)18-5-4-16(3)21(13-18)17-6-7-20-19(12-17)14-24-26-22(20)27-8-10-29-11-9-27/h4-7,12-15H,8-11H2,1-3H3,(H,25,28). The van der Waals surface area contributed by atoms with Crippen LogP contribution in [0.15, 0.2) is 42.6 Å². The second kappa shape index (κ2) is 8.17. The Bertz CT molecular complexity index is 1040. The van der Waals surface area contributed by atoms with E-state index in [0.717, 1.165) is 46.4 Å². The molecular weight excluding hydrogens is 364 g/mol. The first-order valence-corrected chi connectivity index (χ1v) is 10.0. The minimum absolute atomic E-state index is 0.0532. The van der Waals surface area contributed by atoms with Crippen molar-refractivity contribution in [2.75, 3.05) is 31.2 Å². The molecule has 0 unspecified atom stereocenters. The number of hydrogen-bond acceptors (Lipinski definition) is 5. The molecule has 1 fully saturated rings. The van der Waals surface area contributed by atoms with E-state index in [0.29, 0.717) is 18.8 Å². The quantitative estimate of drug-likeness (QED) is 0.738. The molecule has 1 N–H and O–H groups in total. The fourth-order valence-electron chi connectivity index (χ4n) is 3.67. The Labute approximate surface area is 170 Å². The zero-order valence-electron chi connectivity index (χ0n) is 17.1. The molecule has 1 aromatic heterocycles. The highest BCUT2D eigenvalue weighted by Gasteiger charge is 2.17. The van der Waals surface area contributed by atoms with E-state index in [1.165, 1.54) is 0 Å². The van der Waals surface area contributed by atoms with Gasteiger partial charge < -0.3 is 15.0 Å². The number of morpholine rings is 1. The highest BCUT2D eigenvalue weighted by atomic mass is 16.5. The Morgan fingerprint density at radius 1 is 1.14 bits per heavy atom. The molecule has 3 aromatic rings. The molecule has 1 aliphatic rings. The smallest absolute Gasteiger partial charge is 0.251 e. The van der Waals surface area contributed by atoms with Gasteiger partial charge >= 0.3 is 0 Å². The van der Waals surface area contributed by atoms with Crippen LogP contribution in [-0.2, 0) is 4.74 Å². The molecule has 1 saturated heterocycles. The van der Waals surface area contributed by atoms with Crippen molar-refractivity contribution in [1.29, 1.82) is 0 Å². The first-order valence-electron chi connectivity index (χ1n) is 10.0. The first kappa shape index (κ1) is 19.3. The predicted octanol–water partition coefficient (Wildman–Crippen LogP) is 3.58. The Hall–Kier alpha value is -2.99. The number of aryl methyl sites for hydroxylation is 1. The van der Waals surface area contributed by atoms with Crippen LogP contribution in [0, 0.1) is 6.92 Å². The van der Waals surface area contributed by atoms with Crippen molar-refractivity contribution in [3.8, 4) is 11.1 Å². The molecule has 0 saturated carbocycles. The van der Waals surface area contributed by atoms with E-state index < -0.39 is 0 Å². The molecular formula is C23H26N4O2. The number of nitrogens with one attached hydrogen (secondary N) is 1. The van der Waals surface area contributed by atoms with Crippen LogP contribution < -0.4 is 10.2 Å². The van der Waals surface area contributed by atoms with E-state index in [1.807, 2.05) is 32.0 Å². The van der Waals surface area contributed by atoms with Gasteiger partial charge in [0.1, 0.15) is 0 Å². The largest absolute Gasteiger partial charge is 0.378 e. The second-order valence-electron chi connectivity index (χ2n) is 7.73. The summed E-state index contributed by atoms with van der Waals surface area (Å²) in [6, 6.07) is 12.3. The summed E-state index contributed by atoms with van der Waals surface area (Å²) < 4.78 is 5.46. The Morgan fingerprint density at radius 2 is 1.93 bits per heavy atom. The number of benzene rings is 2. The van der Waals surface area contributed by atoms with E-state index in [4.69, 9.17) is 4.74 Å². The number of ether oxygens (including phenoxy) is 1. The summed E-state index contributed by atoms with van der Waals surface area (Å²) in [4.78, 5) is 14.7. The lowest BCUT2D eigenvalue weighted by atomic mass is 9.96. The van der Waals surface area contributed by atoms with Crippen LogP contribution in [-0.4, -0.2) is 48.4 Å². The molecule has 1 amide bonds. The maximum atomic E-state index is 12.4. The van der Waals surface area contributed by atoms with Gasteiger partial charge in [-0.15, -0.1) is 5.10 Å². The Balaban J connectivity index is 1.72. The van der Waals surface area contributed by atoms with Gasteiger partial charge in [-0.2, -0.15) is 5.10 Å². The van der Waals surface area contributed by atoms with Crippen molar-refractivity contribution in [2.45, 2.75) is 26.8 Å². The molecule has 6 heteroatoms. The summed E-state index contributed by atoms with van der Waals surface area (Å²) in [7, 11) is 0. The third-order valence-electron chi connectivity index (χ3n) is 5.18. The normalized spacial score (nSPS) is 14.4. The third-order valence-corrected chi connectivity index (χ3v) is 5.18. The van der Waals surface area contributed by atoms with Crippen molar-refractivity contribution in [1.82, 2.24) is 15.5 Å². The van der Waals surface area contributed by atoms with Crippen molar-refractivity contribution in [3.63, 3.8) is 0 Å². The number of nitrogens with zero attached hydrogens (tertiary/aromatic N) is 3. The number of hydrogen-bond donors (Lipinski definition) is 1. The van der Waals surface area contributed by atoms with Crippen LogP contribution in [0.25, 0.3) is 21.9 Å². The summed E-state index contributed by atoms with van der Waals surface area (Å²) in [5.41, 5.74) is 3.91. The average Bonchev–Trinajstić information content (AvgIpc) is 2.73. The molecule has 0 atom stereocenters. The van der Waals surface area contributed by atoms with Gasteiger partial charge in [0.05, 0.1) is 19.4 Å². The van der Waals surface area contributed by atoms with Gasteiger partial charge in [-0.25, -0.2) is 0 Å². The lowest BCUT2D eigenvalue weighted by Crippen LogP contribution is -2.37. The van der Waals surface area contributed by atoms with Crippen molar-refractivity contribution >= 4 is 22.5 Å². The molecule has 0 spiro atoms. The third kappa shape index (κ3) is 4.07. The number of aromatic nitrogens is 2. The molecule has 0 bridgehead atoms. The Morgan fingerprint density at radius 3 is 2.69 bits per heavy atom. The molecule has 6 nitrogen and oxygen atoms in total. The number of anilines is 1. The highest BCUT2D eigenvalue weighted by molar-refractivity contribution is 5.97. The van der Waals surface area contributed by atoms with Crippen molar-refractivity contribution in [3.05, 3.63) is 53.7 Å². The minimum atomic E-state index is -0.0532. The summed E-state index contributed by atoms with van der Waals surface area (Å²) in [5, 5.41) is 13.7. The average molecular weight is 390 g/mol. The molecule has 29 heavy (non-hydrogen) atoms. The van der Waals surface area contributed by atoms with Gasteiger partial charge in [-0.1, -0.05) is 12.1 Å². The zero-order chi connectivity index (χ0) is 20.4. The maximum Gasteiger partial charge on any atom is 0.251 e. The zero-order valence-corrected chi connectivity index (χ0v) is 17.1. The monoisotopic (exact) mass is 390 g/mol. The highest BCUT2D eigenvalue weighted by Crippen LogP contribution is 2.31. The summed E-state index contributed by atoms with van der Waals surface area (Å²) in [5.74, 6) is 0.849. The topological polar surface area (TPSA) is 67.4 Å². The molecule has 2 heterocycles. The number of amides is 1. The fourth-order valence-corrected chi connectivity index (χ4v) is 3.67. The van der Waals surface area contributed by atoms with Crippen molar-refractivity contribution < 1.29 is 9.53 Å². The lowest BCUT2D eigenvalue weighted by Gasteiger charge is -2.28. The van der Waals surface area contributed by atoms with Gasteiger partial charge in [-0.05, 0) is 61.7 Å². The summed E-state index contributed by atoms with van der Waals surface area (Å²) in [6.07, 6.45) is 1.80. The Kier molecular flexibility index (Phi) is 5.45. The van der Waals surface area contributed by atoms with Crippen LogP contribution in [0.1, 0.15) is 29.8 Å². The molecule has 0 aliphatic carbocycles. The first-order chi connectivity index (χ1) is 14.0. The van der Waals surface area contributed by atoms with E-state index in [2.05, 4.69) is 45.5 Å². The van der Waals surface area contributed by atoms with E-state index in [1.54, 1.807) is 6.20 Å². The maximum absolute atomic E-state index is 12.4. The van der Waals surface area contributed by atoms with Gasteiger partial charge in [0.25, 0.3) is 5.91 Å².